The highest BCUT2D eigenvalue weighted by atomic mass is 32.2. The molecule has 1 N–H and O–H groups in total. The van der Waals surface area contributed by atoms with Crippen LogP contribution in [0, 0.1) is 5.92 Å². The van der Waals surface area contributed by atoms with Crippen LogP contribution in [0.2, 0.25) is 0 Å². The summed E-state index contributed by atoms with van der Waals surface area (Å²) in [6, 6.07) is 18.3. The van der Waals surface area contributed by atoms with Crippen LogP contribution in [0.1, 0.15) is 37.2 Å². The van der Waals surface area contributed by atoms with Crippen molar-refractivity contribution >= 4 is 27.4 Å². The van der Waals surface area contributed by atoms with Crippen LogP contribution >= 0.6 is 0 Å². The molecule has 1 saturated carbocycles. The molecule has 0 radical (unpaired) electrons. The molecule has 0 spiro atoms. The van der Waals surface area contributed by atoms with Gasteiger partial charge in [0, 0.05) is 19.1 Å². The molecule has 1 atom stereocenters. The maximum absolute atomic E-state index is 12.8. The Morgan fingerprint density at radius 2 is 1.52 bits per heavy atom. The Labute approximate surface area is 194 Å². The van der Waals surface area contributed by atoms with Crippen molar-refractivity contribution in [3.8, 4) is 0 Å². The molecule has 174 valence electrons. The lowest BCUT2D eigenvalue weighted by atomic mass is 9.81. The lowest BCUT2D eigenvalue weighted by Gasteiger charge is -2.30. The molecule has 2 aliphatic rings. The minimum absolute atomic E-state index is 0.0205. The van der Waals surface area contributed by atoms with Crippen LogP contribution in [0.15, 0.2) is 65.6 Å². The fourth-order valence-electron chi connectivity index (χ4n) is 4.66. The number of carbonyl (C=O) groups excluding carboxylic acids is 3. The maximum Gasteiger partial charge on any atom is 0.290 e. The molecule has 8 heteroatoms. The largest absolute Gasteiger partial charge is 0.353 e. The Morgan fingerprint density at radius 3 is 2.15 bits per heavy atom. The van der Waals surface area contributed by atoms with E-state index in [0.29, 0.717) is 5.92 Å². The van der Waals surface area contributed by atoms with Crippen LogP contribution in [0.25, 0.3) is 0 Å². The van der Waals surface area contributed by atoms with Crippen LogP contribution in [0.3, 0.4) is 0 Å². The third kappa shape index (κ3) is 5.33. The quantitative estimate of drug-likeness (QED) is 0.497. The summed E-state index contributed by atoms with van der Waals surface area (Å²) in [5, 5.41) is 2.95. The number of hydrogen-bond donors (Lipinski definition) is 1. The summed E-state index contributed by atoms with van der Waals surface area (Å²) in [6.45, 7) is -0.194. The molecular weight excluding hydrogens is 440 g/mol. The summed E-state index contributed by atoms with van der Waals surface area (Å²) < 4.78 is 25.0. The minimum Gasteiger partial charge on any atom is -0.353 e. The second-order valence-electron chi connectivity index (χ2n) is 8.77. The fourth-order valence-corrected chi connectivity index (χ4v) is 5.93. The first-order chi connectivity index (χ1) is 15.8. The Morgan fingerprint density at radius 1 is 0.909 bits per heavy atom. The summed E-state index contributed by atoms with van der Waals surface area (Å²) >= 11 is 0. The number of amides is 2. The van der Waals surface area contributed by atoms with Crippen molar-refractivity contribution < 1.29 is 22.8 Å². The lowest BCUT2D eigenvalue weighted by Crippen LogP contribution is -2.43. The average Bonchev–Trinajstić information content (AvgIpc) is 3.13. The summed E-state index contributed by atoms with van der Waals surface area (Å²) in [6.07, 6.45) is 3.55. The van der Waals surface area contributed by atoms with E-state index in [4.69, 9.17) is 0 Å². The molecule has 2 fully saturated rings. The van der Waals surface area contributed by atoms with Crippen molar-refractivity contribution in [3.63, 3.8) is 0 Å². The van der Waals surface area contributed by atoms with Gasteiger partial charge in [0.1, 0.15) is 5.92 Å². The molecule has 1 heterocycles. The van der Waals surface area contributed by atoms with Crippen molar-refractivity contribution in [1.82, 2.24) is 10.2 Å². The zero-order chi connectivity index (χ0) is 23.4. The lowest BCUT2D eigenvalue weighted by molar-refractivity contribution is -0.142. The molecule has 7 nitrogen and oxygen atoms in total. The number of nitrogens with zero attached hydrogens (tertiary/aromatic N) is 1. The normalized spacial score (nSPS) is 23.5. The smallest absolute Gasteiger partial charge is 0.290 e. The Bertz CT molecular complexity index is 1110. The van der Waals surface area contributed by atoms with Gasteiger partial charge in [-0.15, -0.1) is 0 Å². The van der Waals surface area contributed by atoms with Gasteiger partial charge < -0.3 is 10.2 Å². The Hall–Kier alpha value is -3.00. The molecule has 1 saturated heterocycles. The predicted molar refractivity (Wildman–Crippen MR) is 123 cm³/mol. The molecule has 1 unspecified atom stereocenters. The van der Waals surface area contributed by atoms with Crippen molar-refractivity contribution in [3.05, 3.63) is 66.2 Å². The Kier molecular flexibility index (Phi) is 6.93. The van der Waals surface area contributed by atoms with E-state index in [0.717, 1.165) is 25.7 Å². The van der Waals surface area contributed by atoms with Gasteiger partial charge in [-0.2, -0.15) is 0 Å². The number of rotatable bonds is 7. The summed E-state index contributed by atoms with van der Waals surface area (Å²) in [5.74, 6) is -2.90. The van der Waals surface area contributed by atoms with Gasteiger partial charge in [-0.1, -0.05) is 48.5 Å². The molecule has 2 aromatic carbocycles. The number of benzene rings is 2. The molecule has 0 bridgehead atoms. The van der Waals surface area contributed by atoms with Crippen molar-refractivity contribution in [1.29, 1.82) is 0 Å². The predicted octanol–water partition coefficient (Wildman–Crippen LogP) is 2.33. The van der Waals surface area contributed by atoms with E-state index < -0.39 is 33.4 Å². The molecule has 2 amide bonds. The Balaban J connectivity index is 1.29. The number of ketones is 1. The highest BCUT2D eigenvalue weighted by molar-refractivity contribution is 7.91. The van der Waals surface area contributed by atoms with Crippen LogP contribution in [-0.4, -0.2) is 55.8 Å². The number of nitrogens with one attached hydrogen (secondary N) is 1. The molecular formula is C25H28N2O5S. The second kappa shape index (κ2) is 9.87. The summed E-state index contributed by atoms with van der Waals surface area (Å²) in [4.78, 5) is 38.9. The summed E-state index contributed by atoms with van der Waals surface area (Å²) in [7, 11) is -3.58. The number of carbonyl (C=O) groups is 3. The maximum atomic E-state index is 12.8. The zero-order valence-corrected chi connectivity index (χ0v) is 19.2. The number of sulfone groups is 1. The van der Waals surface area contributed by atoms with E-state index in [1.54, 1.807) is 18.2 Å². The SMILES string of the molecule is O=C(NC1CCC(c2ccccc2)CC1)C1CN(CCS(=O)(=O)c2ccccc2)C(=O)C1=O. The topological polar surface area (TPSA) is 101 Å². The number of Topliss-reactive ketones (excluding diaryl/α,β-unsaturated/α-hetero) is 1. The van der Waals surface area contributed by atoms with Gasteiger partial charge in [0.05, 0.1) is 10.6 Å². The molecule has 1 aliphatic carbocycles. The van der Waals surface area contributed by atoms with Gasteiger partial charge in [-0.05, 0) is 49.3 Å². The highest BCUT2D eigenvalue weighted by Gasteiger charge is 2.43. The van der Waals surface area contributed by atoms with Crippen LogP contribution in [0.5, 0.6) is 0 Å². The number of likely N-dealkylation sites (tertiary alicyclic amines) is 1. The van der Waals surface area contributed by atoms with Crippen molar-refractivity contribution in [2.45, 2.75) is 42.5 Å². The molecule has 0 aromatic heterocycles. The molecule has 33 heavy (non-hydrogen) atoms. The van der Waals surface area contributed by atoms with E-state index in [-0.39, 0.29) is 29.8 Å². The van der Waals surface area contributed by atoms with Crippen LogP contribution in [-0.2, 0) is 24.2 Å². The first-order valence-electron chi connectivity index (χ1n) is 11.3. The van der Waals surface area contributed by atoms with E-state index in [9.17, 15) is 22.8 Å². The standard InChI is InChI=1S/C25H28N2O5S/c28-23-22(17-27(25(23)30)15-16-33(31,32)21-9-5-2-6-10-21)24(29)26-20-13-11-19(12-14-20)18-7-3-1-4-8-18/h1-10,19-20,22H,11-17H2,(H,26,29). The van der Waals surface area contributed by atoms with E-state index in [1.807, 2.05) is 18.2 Å². The number of hydrogen-bond acceptors (Lipinski definition) is 5. The van der Waals surface area contributed by atoms with Gasteiger partial charge in [0.2, 0.25) is 11.7 Å². The van der Waals surface area contributed by atoms with Gasteiger partial charge in [-0.25, -0.2) is 8.42 Å². The second-order valence-corrected chi connectivity index (χ2v) is 10.9. The average molecular weight is 469 g/mol. The molecule has 1 aliphatic heterocycles. The third-order valence-electron chi connectivity index (χ3n) is 6.61. The fraction of sp³-hybridized carbons (Fsp3) is 0.400. The van der Waals surface area contributed by atoms with Gasteiger partial charge >= 0.3 is 0 Å². The van der Waals surface area contributed by atoms with Crippen molar-refractivity contribution in [2.75, 3.05) is 18.8 Å². The van der Waals surface area contributed by atoms with E-state index >= 15 is 0 Å². The van der Waals surface area contributed by atoms with E-state index in [1.165, 1.54) is 22.6 Å². The molecule has 2 aromatic rings. The van der Waals surface area contributed by atoms with Crippen LogP contribution < -0.4 is 5.32 Å². The van der Waals surface area contributed by atoms with Crippen LogP contribution in [0.4, 0.5) is 0 Å². The first kappa shape index (κ1) is 23.2. The van der Waals surface area contributed by atoms with Gasteiger partial charge in [0.15, 0.2) is 9.84 Å². The van der Waals surface area contributed by atoms with Gasteiger partial charge in [-0.3, -0.25) is 14.4 Å². The van der Waals surface area contributed by atoms with Gasteiger partial charge in [0.25, 0.3) is 5.91 Å². The summed E-state index contributed by atoms with van der Waals surface area (Å²) in [5.41, 5.74) is 1.31. The van der Waals surface area contributed by atoms with Crippen molar-refractivity contribution in [2.24, 2.45) is 5.92 Å². The monoisotopic (exact) mass is 468 g/mol. The molecule has 4 rings (SSSR count). The first-order valence-corrected chi connectivity index (χ1v) is 13.0. The third-order valence-corrected chi connectivity index (χ3v) is 8.32. The minimum atomic E-state index is -3.58. The zero-order valence-electron chi connectivity index (χ0n) is 18.4. The van der Waals surface area contributed by atoms with E-state index in [2.05, 4.69) is 17.4 Å². The highest BCUT2D eigenvalue weighted by Crippen LogP contribution is 2.33.